The molecule has 0 aromatic heterocycles. The van der Waals surface area contributed by atoms with Gasteiger partial charge in [-0.25, -0.2) is 0 Å². The van der Waals surface area contributed by atoms with E-state index in [1.54, 1.807) is 0 Å². The first-order valence-corrected chi connectivity index (χ1v) is 16.9. The van der Waals surface area contributed by atoms with E-state index in [-0.39, 0.29) is 0 Å². The highest BCUT2D eigenvalue weighted by Gasteiger charge is 2.42. The highest BCUT2D eigenvalue weighted by Crippen LogP contribution is 2.48. The summed E-state index contributed by atoms with van der Waals surface area (Å²) in [6, 6.07) is 45.9. The highest BCUT2D eigenvalue weighted by atomic mass is 28.4. The second-order valence-electron chi connectivity index (χ2n) is 10.9. The van der Waals surface area contributed by atoms with Crippen molar-refractivity contribution in [3.05, 3.63) is 132 Å². The molecule has 0 atom stereocenters. The largest absolute Gasteiger partial charge is 0.394 e. The Morgan fingerprint density at radius 2 is 0.854 bits per heavy atom. The van der Waals surface area contributed by atoms with Crippen LogP contribution in [-0.4, -0.2) is 21.8 Å². The van der Waals surface area contributed by atoms with Gasteiger partial charge in [-0.05, 0) is 79.9 Å². The second kappa shape index (κ2) is 10.8. The molecule has 2 nitrogen and oxygen atoms in total. The molecule has 0 aliphatic carbocycles. The predicted molar refractivity (Wildman–Crippen MR) is 174 cm³/mol. The summed E-state index contributed by atoms with van der Waals surface area (Å²) in [5, 5.41) is 5.14. The van der Waals surface area contributed by atoms with Gasteiger partial charge in [0.25, 0.3) is 0 Å². The molecule has 6 aromatic rings. The average Bonchev–Trinajstić information content (AvgIpc) is 3.15. The quantitative estimate of drug-likeness (QED) is 0.192. The van der Waals surface area contributed by atoms with E-state index in [1.807, 2.05) is 0 Å². The molecule has 1 heterocycles. The standard InChI is InChI=1S/C38H34O2Si/c1-3-39-41(40-4-2)25-29-23-35(27-15-7-5-8-16-27)31-19-11-13-21-33(31)37(29)38-30(26-41)24-36(28-17-9-6-10-18-28)32-20-12-14-22-34(32)38/h5-24H,3-4,25-26H2,1-2H3. The zero-order chi connectivity index (χ0) is 27.8. The van der Waals surface area contributed by atoms with Gasteiger partial charge in [0.05, 0.1) is 0 Å². The van der Waals surface area contributed by atoms with Gasteiger partial charge in [0.15, 0.2) is 0 Å². The summed E-state index contributed by atoms with van der Waals surface area (Å²) < 4.78 is 13.5. The molecular formula is C38H34O2Si. The SMILES string of the molecule is CCO[Si]1(OCC)Cc2cc(-c3ccccc3)c3ccccc3c2-c2c(cc(-c3ccccc3)c3ccccc23)C1. The molecule has 202 valence electrons. The lowest BCUT2D eigenvalue weighted by molar-refractivity contribution is 0.181. The van der Waals surface area contributed by atoms with Crippen molar-refractivity contribution < 1.29 is 8.85 Å². The zero-order valence-corrected chi connectivity index (χ0v) is 24.7. The summed E-state index contributed by atoms with van der Waals surface area (Å²) >= 11 is 0. The number of hydrogen-bond acceptors (Lipinski definition) is 2. The van der Waals surface area contributed by atoms with Gasteiger partial charge in [-0.15, -0.1) is 0 Å². The van der Waals surface area contributed by atoms with Gasteiger partial charge in [0, 0.05) is 25.3 Å². The number of rotatable bonds is 6. The molecule has 0 amide bonds. The molecule has 0 saturated heterocycles. The molecule has 0 unspecified atom stereocenters. The monoisotopic (exact) mass is 550 g/mol. The van der Waals surface area contributed by atoms with Crippen molar-refractivity contribution in [2.75, 3.05) is 13.2 Å². The molecule has 0 radical (unpaired) electrons. The average molecular weight is 551 g/mol. The van der Waals surface area contributed by atoms with Gasteiger partial charge in [-0.3, -0.25) is 0 Å². The zero-order valence-electron chi connectivity index (χ0n) is 23.7. The molecule has 3 heteroatoms. The number of fused-ring (bicyclic) bond motifs is 7. The van der Waals surface area contributed by atoms with Crippen LogP contribution in [0.3, 0.4) is 0 Å². The van der Waals surface area contributed by atoms with Crippen LogP contribution in [0, 0.1) is 0 Å². The van der Waals surface area contributed by atoms with Crippen LogP contribution < -0.4 is 0 Å². The van der Waals surface area contributed by atoms with Gasteiger partial charge < -0.3 is 8.85 Å². The normalized spacial score (nSPS) is 14.0. The third-order valence-electron chi connectivity index (χ3n) is 8.41. The third-order valence-corrected chi connectivity index (χ3v) is 11.9. The molecule has 0 saturated carbocycles. The van der Waals surface area contributed by atoms with Gasteiger partial charge in [-0.2, -0.15) is 0 Å². The minimum absolute atomic E-state index is 0.648. The Labute approximate surface area is 243 Å². The molecule has 1 aliphatic rings. The summed E-state index contributed by atoms with van der Waals surface area (Å²) in [4.78, 5) is 0. The molecule has 0 spiro atoms. The maximum atomic E-state index is 6.74. The Morgan fingerprint density at radius 1 is 0.488 bits per heavy atom. The molecule has 1 aliphatic heterocycles. The lowest BCUT2D eigenvalue weighted by Crippen LogP contribution is -2.47. The van der Waals surface area contributed by atoms with Crippen molar-refractivity contribution in [2.24, 2.45) is 0 Å². The first-order chi connectivity index (χ1) is 20.2. The summed E-state index contributed by atoms with van der Waals surface area (Å²) in [5.41, 5.74) is 10.3. The van der Waals surface area contributed by atoms with E-state index in [0.29, 0.717) is 13.2 Å². The van der Waals surface area contributed by atoms with Crippen molar-refractivity contribution in [2.45, 2.75) is 25.9 Å². The minimum Gasteiger partial charge on any atom is -0.394 e. The molecule has 0 N–H and O–H groups in total. The number of hydrogen-bond donors (Lipinski definition) is 0. The van der Waals surface area contributed by atoms with Gasteiger partial charge in [-0.1, -0.05) is 121 Å². The first-order valence-electron chi connectivity index (χ1n) is 14.7. The maximum absolute atomic E-state index is 6.74. The lowest BCUT2D eigenvalue weighted by atomic mass is 9.83. The second-order valence-corrected chi connectivity index (χ2v) is 14.0. The lowest BCUT2D eigenvalue weighted by Gasteiger charge is -2.29. The van der Waals surface area contributed by atoms with Crippen molar-refractivity contribution in [1.82, 2.24) is 0 Å². The van der Waals surface area contributed by atoms with E-state index in [1.165, 1.54) is 66.1 Å². The Morgan fingerprint density at radius 3 is 1.24 bits per heavy atom. The Hall–Kier alpha value is -4.02. The van der Waals surface area contributed by atoms with Gasteiger partial charge in [0.2, 0.25) is 0 Å². The Balaban J connectivity index is 1.63. The molecule has 0 bridgehead atoms. The van der Waals surface area contributed by atoms with Gasteiger partial charge >= 0.3 is 8.56 Å². The Kier molecular flexibility index (Phi) is 6.80. The summed E-state index contributed by atoms with van der Waals surface area (Å²) in [5.74, 6) is 0. The van der Waals surface area contributed by atoms with E-state index in [0.717, 1.165) is 12.1 Å². The topological polar surface area (TPSA) is 18.5 Å². The van der Waals surface area contributed by atoms with Crippen molar-refractivity contribution in [1.29, 1.82) is 0 Å². The van der Waals surface area contributed by atoms with Crippen LogP contribution in [0.5, 0.6) is 0 Å². The molecular weight excluding hydrogens is 517 g/mol. The van der Waals surface area contributed by atoms with Crippen molar-refractivity contribution in [3.63, 3.8) is 0 Å². The minimum atomic E-state index is -2.66. The summed E-state index contributed by atoms with van der Waals surface area (Å²) in [6.45, 7) is 5.50. The maximum Gasteiger partial charge on any atom is 0.347 e. The fraction of sp³-hybridized carbons (Fsp3) is 0.158. The van der Waals surface area contributed by atoms with Crippen molar-refractivity contribution >= 4 is 30.1 Å². The van der Waals surface area contributed by atoms with Crippen LogP contribution in [0.25, 0.3) is 54.9 Å². The van der Waals surface area contributed by atoms with Crippen LogP contribution in [0.4, 0.5) is 0 Å². The number of benzene rings is 6. The van der Waals surface area contributed by atoms with E-state index in [4.69, 9.17) is 8.85 Å². The fourth-order valence-electron chi connectivity index (χ4n) is 6.86. The molecule has 7 rings (SSSR count). The van der Waals surface area contributed by atoms with Crippen LogP contribution in [0.15, 0.2) is 121 Å². The van der Waals surface area contributed by atoms with E-state index in [2.05, 4.69) is 135 Å². The molecule has 41 heavy (non-hydrogen) atoms. The van der Waals surface area contributed by atoms with Crippen LogP contribution in [0.2, 0.25) is 0 Å². The van der Waals surface area contributed by atoms with E-state index < -0.39 is 8.56 Å². The highest BCUT2D eigenvalue weighted by molar-refractivity contribution is 6.67. The summed E-state index contributed by atoms with van der Waals surface area (Å²) in [7, 11) is -2.66. The third kappa shape index (κ3) is 4.51. The smallest absolute Gasteiger partial charge is 0.347 e. The van der Waals surface area contributed by atoms with E-state index in [9.17, 15) is 0 Å². The predicted octanol–water partition coefficient (Wildman–Crippen LogP) is 9.69. The van der Waals surface area contributed by atoms with Crippen LogP contribution in [0.1, 0.15) is 25.0 Å². The fourth-order valence-corrected chi connectivity index (χ4v) is 10.3. The van der Waals surface area contributed by atoms with Gasteiger partial charge in [0.1, 0.15) is 0 Å². The summed E-state index contributed by atoms with van der Waals surface area (Å²) in [6.07, 6.45) is 0. The first kappa shape index (κ1) is 25.9. The van der Waals surface area contributed by atoms with Crippen LogP contribution in [-0.2, 0) is 20.9 Å². The Bertz CT molecular complexity index is 1720. The molecule has 0 fully saturated rings. The van der Waals surface area contributed by atoms with Crippen molar-refractivity contribution in [3.8, 4) is 33.4 Å². The van der Waals surface area contributed by atoms with E-state index >= 15 is 0 Å². The van der Waals surface area contributed by atoms with Crippen LogP contribution >= 0.6 is 0 Å². The molecule has 6 aromatic carbocycles.